The Labute approximate surface area is 159 Å². The topological polar surface area (TPSA) is 61.9 Å². The average Bonchev–Trinajstić information content (AvgIpc) is 2.69. The number of Topliss-reactive ketones (excluding diaryl/α,β-unsaturated/α-hetero) is 1. The van der Waals surface area contributed by atoms with E-state index in [1.165, 1.54) is 6.92 Å². The molecule has 3 rings (SSSR count). The molecule has 27 heavy (non-hydrogen) atoms. The van der Waals surface area contributed by atoms with Gasteiger partial charge in [-0.2, -0.15) is 0 Å². The van der Waals surface area contributed by atoms with Crippen molar-refractivity contribution in [1.29, 1.82) is 0 Å². The van der Waals surface area contributed by atoms with Gasteiger partial charge < -0.3 is 19.9 Å². The van der Waals surface area contributed by atoms with E-state index in [-0.39, 0.29) is 11.8 Å². The molecule has 0 unspecified atom stereocenters. The van der Waals surface area contributed by atoms with Crippen molar-refractivity contribution in [3.63, 3.8) is 0 Å². The Hall–Kier alpha value is -3.02. The Bertz CT molecular complexity index is 779. The van der Waals surface area contributed by atoms with E-state index >= 15 is 0 Å². The maximum atomic E-state index is 12.5. The molecule has 6 heteroatoms. The third kappa shape index (κ3) is 4.78. The van der Waals surface area contributed by atoms with Crippen LogP contribution < -0.4 is 15.0 Å². The summed E-state index contributed by atoms with van der Waals surface area (Å²) in [5.74, 6) is 0.883. The summed E-state index contributed by atoms with van der Waals surface area (Å²) >= 11 is 0. The number of nitrogens with one attached hydrogen (secondary N) is 1. The normalized spacial score (nSPS) is 14.0. The van der Waals surface area contributed by atoms with Gasteiger partial charge in [0.2, 0.25) is 0 Å². The molecule has 2 aromatic rings. The van der Waals surface area contributed by atoms with Crippen LogP contribution in [0, 0.1) is 0 Å². The summed E-state index contributed by atoms with van der Waals surface area (Å²) in [6.07, 6.45) is 0. The number of amides is 2. The van der Waals surface area contributed by atoms with Crippen molar-refractivity contribution >= 4 is 23.2 Å². The Morgan fingerprint density at radius 1 is 0.963 bits per heavy atom. The summed E-state index contributed by atoms with van der Waals surface area (Å²) in [7, 11) is 0. The lowest BCUT2D eigenvalue weighted by Crippen LogP contribution is -2.50. The third-order valence-electron chi connectivity index (χ3n) is 4.62. The van der Waals surface area contributed by atoms with Crippen LogP contribution in [0.4, 0.5) is 16.2 Å². The SMILES string of the molecule is CCOc1ccc(N2CCN(C(=O)Nc3ccc(C(C)=O)cc3)CC2)cc1. The molecule has 1 heterocycles. The van der Waals surface area contributed by atoms with E-state index < -0.39 is 0 Å². The summed E-state index contributed by atoms with van der Waals surface area (Å²) in [5, 5.41) is 2.89. The lowest BCUT2D eigenvalue weighted by molar-refractivity contribution is 0.101. The first-order chi connectivity index (χ1) is 13.1. The molecule has 6 nitrogen and oxygen atoms in total. The molecule has 1 saturated heterocycles. The predicted molar refractivity (Wildman–Crippen MR) is 107 cm³/mol. The van der Waals surface area contributed by atoms with Crippen molar-refractivity contribution in [3.8, 4) is 5.75 Å². The minimum Gasteiger partial charge on any atom is -0.494 e. The quantitative estimate of drug-likeness (QED) is 0.820. The fourth-order valence-electron chi connectivity index (χ4n) is 3.08. The van der Waals surface area contributed by atoms with Crippen LogP contribution >= 0.6 is 0 Å². The van der Waals surface area contributed by atoms with Gasteiger partial charge in [0.1, 0.15) is 5.75 Å². The Morgan fingerprint density at radius 2 is 1.59 bits per heavy atom. The predicted octanol–water partition coefficient (Wildman–Crippen LogP) is 3.64. The zero-order chi connectivity index (χ0) is 19.2. The molecule has 1 aliphatic heterocycles. The highest BCUT2D eigenvalue weighted by atomic mass is 16.5. The summed E-state index contributed by atoms with van der Waals surface area (Å²) < 4.78 is 5.48. The van der Waals surface area contributed by atoms with Crippen molar-refractivity contribution in [2.45, 2.75) is 13.8 Å². The van der Waals surface area contributed by atoms with Crippen molar-refractivity contribution in [1.82, 2.24) is 4.90 Å². The first-order valence-corrected chi connectivity index (χ1v) is 9.21. The summed E-state index contributed by atoms with van der Waals surface area (Å²) in [4.78, 5) is 27.9. The molecule has 142 valence electrons. The molecule has 0 aromatic heterocycles. The van der Waals surface area contributed by atoms with Crippen LogP contribution in [-0.2, 0) is 0 Å². The number of carbonyl (C=O) groups excluding carboxylic acids is 2. The first-order valence-electron chi connectivity index (χ1n) is 9.21. The molecule has 2 aromatic carbocycles. The van der Waals surface area contributed by atoms with Gasteiger partial charge in [0, 0.05) is 43.1 Å². The van der Waals surface area contributed by atoms with E-state index in [2.05, 4.69) is 22.3 Å². The Morgan fingerprint density at radius 3 is 2.15 bits per heavy atom. The van der Waals surface area contributed by atoms with Gasteiger partial charge in [0.05, 0.1) is 6.61 Å². The Kier molecular flexibility index (Phi) is 5.96. The second kappa shape index (κ2) is 8.58. The van der Waals surface area contributed by atoms with Gasteiger partial charge in [-0.1, -0.05) is 0 Å². The van der Waals surface area contributed by atoms with Gasteiger partial charge in [-0.25, -0.2) is 4.79 Å². The number of carbonyl (C=O) groups is 2. The van der Waals surface area contributed by atoms with Crippen LogP contribution in [0.2, 0.25) is 0 Å². The van der Waals surface area contributed by atoms with Gasteiger partial charge in [-0.15, -0.1) is 0 Å². The largest absolute Gasteiger partial charge is 0.494 e. The zero-order valence-corrected chi connectivity index (χ0v) is 15.8. The first kappa shape index (κ1) is 18.8. The minimum absolute atomic E-state index is 0.0123. The van der Waals surface area contributed by atoms with E-state index in [0.717, 1.165) is 24.5 Å². The smallest absolute Gasteiger partial charge is 0.321 e. The van der Waals surface area contributed by atoms with Crippen LogP contribution in [0.1, 0.15) is 24.2 Å². The number of ketones is 1. The fraction of sp³-hybridized carbons (Fsp3) is 0.333. The van der Waals surface area contributed by atoms with E-state index in [1.807, 2.05) is 24.0 Å². The number of benzene rings is 2. The van der Waals surface area contributed by atoms with E-state index in [0.29, 0.717) is 30.9 Å². The van der Waals surface area contributed by atoms with E-state index in [1.54, 1.807) is 24.3 Å². The van der Waals surface area contributed by atoms with E-state index in [9.17, 15) is 9.59 Å². The highest BCUT2D eigenvalue weighted by Crippen LogP contribution is 2.21. The number of piperazine rings is 1. The highest BCUT2D eigenvalue weighted by Gasteiger charge is 2.21. The van der Waals surface area contributed by atoms with Crippen LogP contribution in [0.15, 0.2) is 48.5 Å². The van der Waals surface area contributed by atoms with Gasteiger partial charge in [-0.3, -0.25) is 4.79 Å². The second-order valence-electron chi connectivity index (χ2n) is 6.46. The molecule has 0 saturated carbocycles. The number of urea groups is 1. The Balaban J connectivity index is 1.52. The lowest BCUT2D eigenvalue weighted by Gasteiger charge is -2.36. The molecular formula is C21H25N3O3. The molecule has 0 bridgehead atoms. The number of hydrogen-bond acceptors (Lipinski definition) is 4. The maximum absolute atomic E-state index is 12.5. The molecule has 2 amide bonds. The molecule has 0 atom stereocenters. The van der Waals surface area contributed by atoms with Gasteiger partial charge >= 0.3 is 6.03 Å². The lowest BCUT2D eigenvalue weighted by atomic mass is 10.1. The maximum Gasteiger partial charge on any atom is 0.321 e. The van der Waals surface area contributed by atoms with Crippen LogP contribution in [-0.4, -0.2) is 49.5 Å². The molecule has 1 fully saturated rings. The standard InChI is InChI=1S/C21H25N3O3/c1-3-27-20-10-8-19(9-11-20)23-12-14-24(15-13-23)21(26)22-18-6-4-17(5-7-18)16(2)25/h4-11H,3,12-15H2,1-2H3,(H,22,26). The van der Waals surface area contributed by atoms with Crippen molar-refractivity contribution in [3.05, 3.63) is 54.1 Å². The van der Waals surface area contributed by atoms with Gasteiger partial charge in [-0.05, 0) is 62.4 Å². The molecule has 1 aliphatic rings. The molecule has 0 spiro atoms. The molecule has 0 radical (unpaired) electrons. The fourth-order valence-corrected chi connectivity index (χ4v) is 3.08. The van der Waals surface area contributed by atoms with Crippen molar-refractivity contribution < 1.29 is 14.3 Å². The van der Waals surface area contributed by atoms with E-state index in [4.69, 9.17) is 4.74 Å². The van der Waals surface area contributed by atoms with Crippen molar-refractivity contribution in [2.24, 2.45) is 0 Å². The summed E-state index contributed by atoms with van der Waals surface area (Å²) in [6.45, 7) is 7.03. The summed E-state index contributed by atoms with van der Waals surface area (Å²) in [6, 6.07) is 14.9. The average molecular weight is 367 g/mol. The minimum atomic E-state index is -0.114. The van der Waals surface area contributed by atoms with Gasteiger partial charge in [0.15, 0.2) is 5.78 Å². The van der Waals surface area contributed by atoms with Crippen LogP contribution in [0.5, 0.6) is 5.75 Å². The second-order valence-corrected chi connectivity index (χ2v) is 6.46. The molecule has 1 N–H and O–H groups in total. The number of ether oxygens (including phenoxy) is 1. The molecule has 0 aliphatic carbocycles. The highest BCUT2D eigenvalue weighted by molar-refractivity contribution is 5.95. The van der Waals surface area contributed by atoms with Crippen molar-refractivity contribution in [2.75, 3.05) is 43.0 Å². The number of anilines is 2. The zero-order valence-electron chi connectivity index (χ0n) is 15.8. The number of rotatable bonds is 5. The van der Waals surface area contributed by atoms with Crippen LogP contribution in [0.25, 0.3) is 0 Å². The molecular weight excluding hydrogens is 342 g/mol. The monoisotopic (exact) mass is 367 g/mol. The van der Waals surface area contributed by atoms with Gasteiger partial charge in [0.25, 0.3) is 0 Å². The third-order valence-corrected chi connectivity index (χ3v) is 4.62. The van der Waals surface area contributed by atoms with Crippen LogP contribution in [0.3, 0.4) is 0 Å². The number of nitrogens with zero attached hydrogens (tertiary/aromatic N) is 2. The summed E-state index contributed by atoms with van der Waals surface area (Å²) in [5.41, 5.74) is 2.47. The number of hydrogen-bond donors (Lipinski definition) is 1.